The van der Waals surface area contributed by atoms with Crippen LogP contribution < -0.4 is 4.74 Å². The lowest BCUT2D eigenvalue weighted by Crippen LogP contribution is -2.39. The Morgan fingerprint density at radius 2 is 2.25 bits per heavy atom. The summed E-state index contributed by atoms with van der Waals surface area (Å²) in [4.78, 5) is 11.5. The molecule has 0 aliphatic rings. The average molecular weight is 276 g/mol. The SMILES string of the molecule is CCC(C)(C(=O)O)n1nnnc1-c1cccc(OC)c1. The second-order valence-electron chi connectivity index (χ2n) is 4.58. The normalized spacial score (nSPS) is 13.8. The number of benzene rings is 1. The molecular formula is C13H16N4O3. The number of aromatic nitrogens is 4. The number of hydrogen-bond donors (Lipinski definition) is 1. The molecule has 1 heterocycles. The second-order valence-corrected chi connectivity index (χ2v) is 4.58. The number of rotatable bonds is 5. The van der Waals surface area contributed by atoms with Crippen LogP contribution in [0.4, 0.5) is 0 Å². The van der Waals surface area contributed by atoms with Crippen molar-refractivity contribution in [1.82, 2.24) is 20.2 Å². The van der Waals surface area contributed by atoms with Crippen molar-refractivity contribution >= 4 is 5.97 Å². The van der Waals surface area contributed by atoms with E-state index in [1.807, 2.05) is 6.07 Å². The first kappa shape index (κ1) is 14.0. The zero-order valence-electron chi connectivity index (χ0n) is 11.6. The van der Waals surface area contributed by atoms with Crippen molar-refractivity contribution in [3.05, 3.63) is 24.3 Å². The minimum absolute atomic E-state index is 0.365. The molecule has 2 rings (SSSR count). The van der Waals surface area contributed by atoms with Crippen molar-refractivity contribution in [2.24, 2.45) is 0 Å². The molecule has 1 unspecified atom stereocenters. The first-order valence-electron chi connectivity index (χ1n) is 6.19. The maximum absolute atomic E-state index is 11.5. The Kier molecular flexibility index (Phi) is 3.69. The fraction of sp³-hybridized carbons (Fsp3) is 0.385. The topological polar surface area (TPSA) is 90.1 Å². The van der Waals surface area contributed by atoms with Crippen LogP contribution in [0.25, 0.3) is 11.4 Å². The van der Waals surface area contributed by atoms with Crippen LogP contribution in [0.2, 0.25) is 0 Å². The largest absolute Gasteiger partial charge is 0.497 e. The van der Waals surface area contributed by atoms with E-state index < -0.39 is 11.5 Å². The van der Waals surface area contributed by atoms with Gasteiger partial charge in [-0.05, 0) is 35.9 Å². The summed E-state index contributed by atoms with van der Waals surface area (Å²) >= 11 is 0. The van der Waals surface area contributed by atoms with Crippen molar-refractivity contribution in [2.45, 2.75) is 25.8 Å². The Hall–Kier alpha value is -2.44. The van der Waals surface area contributed by atoms with Crippen molar-refractivity contribution in [1.29, 1.82) is 0 Å². The summed E-state index contributed by atoms with van der Waals surface area (Å²) < 4.78 is 6.50. The summed E-state index contributed by atoms with van der Waals surface area (Å²) in [5.74, 6) is 0.0812. The number of carboxylic acids is 1. The molecule has 0 radical (unpaired) electrons. The molecule has 0 fully saturated rings. The van der Waals surface area contributed by atoms with E-state index in [2.05, 4.69) is 15.5 Å². The number of methoxy groups -OCH3 is 1. The molecule has 1 aromatic heterocycles. The van der Waals surface area contributed by atoms with Gasteiger partial charge in [0.15, 0.2) is 11.4 Å². The van der Waals surface area contributed by atoms with Gasteiger partial charge in [-0.3, -0.25) is 0 Å². The van der Waals surface area contributed by atoms with E-state index in [1.54, 1.807) is 39.2 Å². The van der Waals surface area contributed by atoms with E-state index >= 15 is 0 Å². The molecule has 20 heavy (non-hydrogen) atoms. The van der Waals surface area contributed by atoms with Gasteiger partial charge in [-0.15, -0.1) is 5.10 Å². The van der Waals surface area contributed by atoms with Gasteiger partial charge >= 0.3 is 5.97 Å². The summed E-state index contributed by atoms with van der Waals surface area (Å²) in [6, 6.07) is 7.17. The third-order valence-electron chi connectivity index (χ3n) is 3.41. The average Bonchev–Trinajstić information content (AvgIpc) is 2.96. The number of hydrogen-bond acceptors (Lipinski definition) is 5. The molecule has 0 saturated heterocycles. The van der Waals surface area contributed by atoms with Crippen molar-refractivity contribution in [3.63, 3.8) is 0 Å². The van der Waals surface area contributed by atoms with E-state index in [0.29, 0.717) is 23.6 Å². The fourth-order valence-corrected chi connectivity index (χ4v) is 1.85. The predicted molar refractivity (Wildman–Crippen MR) is 71.4 cm³/mol. The van der Waals surface area contributed by atoms with Crippen LogP contribution in [-0.2, 0) is 10.3 Å². The number of nitrogens with zero attached hydrogens (tertiary/aromatic N) is 4. The van der Waals surface area contributed by atoms with Gasteiger partial charge in [-0.1, -0.05) is 19.1 Å². The van der Waals surface area contributed by atoms with Gasteiger partial charge in [-0.2, -0.15) is 0 Å². The minimum atomic E-state index is -1.19. The quantitative estimate of drug-likeness (QED) is 0.891. The smallest absolute Gasteiger partial charge is 0.331 e. The molecule has 0 aliphatic carbocycles. The summed E-state index contributed by atoms with van der Waals surface area (Å²) in [5.41, 5.74) is -0.489. The zero-order valence-corrected chi connectivity index (χ0v) is 11.6. The Morgan fingerprint density at radius 1 is 1.50 bits per heavy atom. The molecule has 1 N–H and O–H groups in total. The lowest BCUT2D eigenvalue weighted by atomic mass is 9.99. The van der Waals surface area contributed by atoms with Crippen LogP contribution in [0.3, 0.4) is 0 Å². The Bertz CT molecular complexity index is 626. The number of ether oxygens (including phenoxy) is 1. The van der Waals surface area contributed by atoms with Crippen LogP contribution in [-0.4, -0.2) is 38.4 Å². The highest BCUT2D eigenvalue weighted by Crippen LogP contribution is 2.27. The van der Waals surface area contributed by atoms with Gasteiger partial charge in [0.2, 0.25) is 0 Å². The minimum Gasteiger partial charge on any atom is -0.497 e. The highest BCUT2D eigenvalue weighted by molar-refractivity contribution is 5.77. The van der Waals surface area contributed by atoms with Crippen molar-refractivity contribution < 1.29 is 14.6 Å². The molecule has 7 heteroatoms. The van der Waals surface area contributed by atoms with E-state index in [1.165, 1.54) is 4.68 Å². The van der Waals surface area contributed by atoms with Gasteiger partial charge in [0.25, 0.3) is 0 Å². The number of aliphatic carboxylic acids is 1. The van der Waals surface area contributed by atoms with Gasteiger partial charge in [-0.25, -0.2) is 9.48 Å². The van der Waals surface area contributed by atoms with E-state index in [0.717, 1.165) is 0 Å². The van der Waals surface area contributed by atoms with Gasteiger partial charge in [0.1, 0.15) is 5.75 Å². The van der Waals surface area contributed by atoms with Crippen LogP contribution in [0.5, 0.6) is 5.75 Å². The van der Waals surface area contributed by atoms with E-state index in [9.17, 15) is 9.90 Å². The summed E-state index contributed by atoms with van der Waals surface area (Å²) in [6.07, 6.45) is 0.365. The van der Waals surface area contributed by atoms with Gasteiger partial charge in [0.05, 0.1) is 7.11 Å². The third-order valence-corrected chi connectivity index (χ3v) is 3.41. The zero-order chi connectivity index (χ0) is 14.8. The molecule has 1 atom stereocenters. The van der Waals surface area contributed by atoms with Crippen molar-refractivity contribution in [3.8, 4) is 17.1 Å². The Labute approximate surface area is 116 Å². The molecule has 106 valence electrons. The number of tetrazole rings is 1. The Morgan fingerprint density at radius 3 is 2.85 bits per heavy atom. The first-order chi connectivity index (χ1) is 9.52. The maximum Gasteiger partial charge on any atom is 0.331 e. The fourth-order valence-electron chi connectivity index (χ4n) is 1.85. The standard InChI is InChI=1S/C13H16N4O3/c1-4-13(2,12(18)19)17-11(14-15-16-17)9-6-5-7-10(8-9)20-3/h5-8H,4H2,1-3H3,(H,18,19). The van der Waals surface area contributed by atoms with Gasteiger partial charge in [0, 0.05) is 5.56 Å². The summed E-state index contributed by atoms with van der Waals surface area (Å²) in [5, 5.41) is 20.8. The molecule has 1 aromatic carbocycles. The van der Waals surface area contributed by atoms with E-state index in [-0.39, 0.29) is 0 Å². The van der Waals surface area contributed by atoms with Crippen LogP contribution in [0, 0.1) is 0 Å². The van der Waals surface area contributed by atoms with Crippen LogP contribution in [0.1, 0.15) is 20.3 Å². The molecule has 7 nitrogen and oxygen atoms in total. The van der Waals surface area contributed by atoms with Crippen LogP contribution >= 0.6 is 0 Å². The summed E-state index contributed by atoms with van der Waals surface area (Å²) in [6.45, 7) is 3.38. The molecule has 0 saturated carbocycles. The predicted octanol–water partition coefficient (Wildman–Crippen LogP) is 1.56. The van der Waals surface area contributed by atoms with Crippen molar-refractivity contribution in [2.75, 3.05) is 7.11 Å². The van der Waals surface area contributed by atoms with Crippen LogP contribution in [0.15, 0.2) is 24.3 Å². The molecule has 0 spiro atoms. The third kappa shape index (κ3) is 2.22. The lowest BCUT2D eigenvalue weighted by molar-refractivity contribution is -0.147. The molecule has 2 aromatic rings. The Balaban J connectivity index is 2.55. The van der Waals surface area contributed by atoms with E-state index in [4.69, 9.17) is 4.74 Å². The second kappa shape index (κ2) is 5.28. The molecular weight excluding hydrogens is 260 g/mol. The monoisotopic (exact) mass is 276 g/mol. The molecule has 0 amide bonds. The highest BCUT2D eigenvalue weighted by Gasteiger charge is 2.37. The summed E-state index contributed by atoms with van der Waals surface area (Å²) in [7, 11) is 1.56. The molecule has 0 bridgehead atoms. The maximum atomic E-state index is 11.5. The number of carboxylic acid groups (broad SMARTS) is 1. The first-order valence-corrected chi connectivity index (χ1v) is 6.19. The van der Waals surface area contributed by atoms with Gasteiger partial charge < -0.3 is 9.84 Å². The molecule has 0 aliphatic heterocycles. The highest BCUT2D eigenvalue weighted by atomic mass is 16.5. The number of carbonyl (C=O) groups is 1. The lowest BCUT2D eigenvalue weighted by Gasteiger charge is -2.24.